The quantitative estimate of drug-likeness (QED) is 0.871. The fraction of sp³-hybridized carbons (Fsp3) is 0.750. The van der Waals surface area contributed by atoms with Gasteiger partial charge < -0.3 is 15.0 Å². The number of nitrogens with one attached hydrogen (secondary N) is 1. The van der Waals surface area contributed by atoms with Crippen LogP contribution in [0, 0.1) is 0 Å². The van der Waals surface area contributed by atoms with Crippen LogP contribution in [0.2, 0.25) is 0 Å². The first-order valence-electron chi connectivity index (χ1n) is 8.21. The zero-order valence-corrected chi connectivity index (χ0v) is 13.1. The van der Waals surface area contributed by atoms with Gasteiger partial charge in [0.1, 0.15) is 12.1 Å². The molecular weight excluding hydrogens is 264 g/mol. The molecular formula is C16H26N4O. The van der Waals surface area contributed by atoms with Crippen LogP contribution in [0.1, 0.15) is 46.0 Å². The highest BCUT2D eigenvalue weighted by Gasteiger charge is 2.32. The van der Waals surface area contributed by atoms with Gasteiger partial charge in [0, 0.05) is 24.7 Å². The predicted molar refractivity (Wildman–Crippen MR) is 83.8 cm³/mol. The molecule has 0 aromatic carbocycles. The third kappa shape index (κ3) is 4.06. The zero-order valence-electron chi connectivity index (χ0n) is 13.1. The Balaban J connectivity index is 1.70. The fourth-order valence-electron chi connectivity index (χ4n) is 2.93. The van der Waals surface area contributed by atoms with Crippen LogP contribution in [0.15, 0.2) is 12.4 Å². The molecule has 1 saturated carbocycles. The van der Waals surface area contributed by atoms with E-state index in [4.69, 9.17) is 4.74 Å². The van der Waals surface area contributed by atoms with Gasteiger partial charge in [-0.1, -0.05) is 6.42 Å². The van der Waals surface area contributed by atoms with E-state index in [1.165, 1.54) is 32.1 Å². The summed E-state index contributed by atoms with van der Waals surface area (Å²) in [5, 5.41) is 3.63. The highest BCUT2D eigenvalue weighted by molar-refractivity contribution is 5.43. The normalized spacial score (nSPS) is 22.3. The summed E-state index contributed by atoms with van der Waals surface area (Å²) in [6.45, 7) is 6.23. The van der Waals surface area contributed by atoms with Gasteiger partial charge >= 0.3 is 0 Å². The van der Waals surface area contributed by atoms with E-state index in [0.29, 0.717) is 18.0 Å². The van der Waals surface area contributed by atoms with Gasteiger partial charge in [-0.2, -0.15) is 0 Å². The smallest absolute Gasteiger partial charge is 0.218 e. The Hall–Kier alpha value is -1.36. The number of piperidine rings is 1. The Bertz CT molecular complexity index is 455. The summed E-state index contributed by atoms with van der Waals surface area (Å²) in [6.07, 6.45) is 8.22. The number of nitrogens with zero attached hydrogens (tertiary/aromatic N) is 3. The van der Waals surface area contributed by atoms with E-state index < -0.39 is 0 Å². The molecule has 1 N–H and O–H groups in total. The summed E-state index contributed by atoms with van der Waals surface area (Å²) in [5.74, 6) is 1.69. The number of aromatic nitrogens is 2. The van der Waals surface area contributed by atoms with Crippen LogP contribution >= 0.6 is 0 Å². The van der Waals surface area contributed by atoms with E-state index in [-0.39, 0.29) is 6.10 Å². The van der Waals surface area contributed by atoms with Gasteiger partial charge in [0.25, 0.3) is 0 Å². The van der Waals surface area contributed by atoms with Gasteiger partial charge in [-0.3, -0.25) is 0 Å². The summed E-state index contributed by atoms with van der Waals surface area (Å²) in [7, 11) is 0. The maximum atomic E-state index is 5.70. The molecule has 3 rings (SSSR count). The Kier molecular flexibility index (Phi) is 4.58. The van der Waals surface area contributed by atoms with Gasteiger partial charge in [-0.15, -0.1) is 0 Å². The van der Waals surface area contributed by atoms with Gasteiger partial charge in [0.05, 0.1) is 6.10 Å². The molecule has 0 radical (unpaired) electrons. The first kappa shape index (κ1) is 14.6. The molecule has 2 heterocycles. The summed E-state index contributed by atoms with van der Waals surface area (Å²) >= 11 is 0. The van der Waals surface area contributed by atoms with Crippen molar-refractivity contribution in [3.05, 3.63) is 12.4 Å². The average molecular weight is 290 g/mol. The molecule has 116 valence electrons. The molecule has 0 spiro atoms. The summed E-state index contributed by atoms with van der Waals surface area (Å²) in [6, 6.07) is 3.22. The predicted octanol–water partition coefficient (Wildman–Crippen LogP) is 2.37. The maximum absolute atomic E-state index is 5.70. The lowest BCUT2D eigenvalue weighted by Crippen LogP contribution is -2.44. The topological polar surface area (TPSA) is 50.3 Å². The van der Waals surface area contributed by atoms with E-state index in [1.807, 2.05) is 19.9 Å². The molecule has 2 fully saturated rings. The van der Waals surface area contributed by atoms with Crippen LogP contribution in [-0.4, -0.2) is 41.2 Å². The Morgan fingerprint density at radius 2 is 2.14 bits per heavy atom. The average Bonchev–Trinajstić information content (AvgIpc) is 3.30. The lowest BCUT2D eigenvalue weighted by Gasteiger charge is -2.31. The minimum Gasteiger partial charge on any atom is -0.475 e. The van der Waals surface area contributed by atoms with E-state index in [0.717, 1.165) is 18.9 Å². The van der Waals surface area contributed by atoms with Crippen molar-refractivity contribution in [1.29, 1.82) is 0 Å². The van der Waals surface area contributed by atoms with Crippen molar-refractivity contribution in [2.75, 3.05) is 18.0 Å². The lowest BCUT2D eigenvalue weighted by atomic mass is 10.0. The fourth-order valence-corrected chi connectivity index (χ4v) is 2.93. The molecule has 0 bridgehead atoms. The Labute approximate surface area is 127 Å². The molecule has 0 amide bonds. The highest BCUT2D eigenvalue weighted by Crippen LogP contribution is 2.32. The maximum Gasteiger partial charge on any atom is 0.218 e. The molecule has 1 aromatic rings. The van der Waals surface area contributed by atoms with E-state index in [2.05, 4.69) is 20.2 Å². The summed E-state index contributed by atoms with van der Waals surface area (Å²) in [5.41, 5.74) is 0. The molecule has 1 saturated heterocycles. The molecule has 1 unspecified atom stereocenters. The van der Waals surface area contributed by atoms with Crippen LogP contribution in [-0.2, 0) is 0 Å². The zero-order chi connectivity index (χ0) is 14.7. The molecule has 1 aliphatic carbocycles. The third-order valence-corrected chi connectivity index (χ3v) is 4.10. The second-order valence-electron chi connectivity index (χ2n) is 6.41. The van der Waals surface area contributed by atoms with Crippen molar-refractivity contribution in [1.82, 2.24) is 15.3 Å². The molecule has 5 heteroatoms. The van der Waals surface area contributed by atoms with E-state index in [9.17, 15) is 0 Å². The summed E-state index contributed by atoms with van der Waals surface area (Å²) < 4.78 is 5.70. The summed E-state index contributed by atoms with van der Waals surface area (Å²) in [4.78, 5) is 11.1. The Morgan fingerprint density at radius 1 is 1.29 bits per heavy atom. The van der Waals surface area contributed by atoms with Crippen LogP contribution < -0.4 is 15.0 Å². The van der Waals surface area contributed by atoms with Crippen molar-refractivity contribution in [2.24, 2.45) is 0 Å². The molecule has 1 atom stereocenters. The SMILES string of the molecule is CC(C)Oc1cc(N(CC2CCCCN2)C2CC2)ncn1. The van der Waals surface area contributed by atoms with Crippen LogP contribution in [0.3, 0.4) is 0 Å². The van der Waals surface area contributed by atoms with Crippen LogP contribution in [0.5, 0.6) is 5.88 Å². The van der Waals surface area contributed by atoms with Crippen molar-refractivity contribution < 1.29 is 4.74 Å². The van der Waals surface area contributed by atoms with Gasteiger partial charge in [-0.05, 0) is 46.1 Å². The van der Waals surface area contributed by atoms with E-state index in [1.54, 1.807) is 6.33 Å². The van der Waals surface area contributed by atoms with Crippen molar-refractivity contribution in [2.45, 2.75) is 64.1 Å². The first-order valence-corrected chi connectivity index (χ1v) is 8.21. The molecule has 2 aliphatic rings. The second-order valence-corrected chi connectivity index (χ2v) is 6.41. The van der Waals surface area contributed by atoms with Crippen molar-refractivity contribution >= 4 is 5.82 Å². The highest BCUT2D eigenvalue weighted by atomic mass is 16.5. The van der Waals surface area contributed by atoms with Crippen LogP contribution in [0.25, 0.3) is 0 Å². The van der Waals surface area contributed by atoms with Gasteiger partial charge in [0.15, 0.2) is 0 Å². The minimum absolute atomic E-state index is 0.141. The first-order chi connectivity index (χ1) is 10.2. The molecule has 5 nitrogen and oxygen atoms in total. The number of anilines is 1. The monoisotopic (exact) mass is 290 g/mol. The van der Waals surface area contributed by atoms with Crippen LogP contribution in [0.4, 0.5) is 5.82 Å². The number of rotatable bonds is 6. The molecule has 21 heavy (non-hydrogen) atoms. The molecule has 1 aliphatic heterocycles. The largest absolute Gasteiger partial charge is 0.475 e. The van der Waals surface area contributed by atoms with Crippen molar-refractivity contribution in [3.63, 3.8) is 0 Å². The lowest BCUT2D eigenvalue weighted by molar-refractivity contribution is 0.232. The third-order valence-electron chi connectivity index (χ3n) is 4.10. The number of hydrogen-bond donors (Lipinski definition) is 1. The minimum atomic E-state index is 0.141. The molecule has 1 aromatic heterocycles. The number of hydrogen-bond acceptors (Lipinski definition) is 5. The standard InChI is InChI=1S/C16H26N4O/c1-12(2)21-16-9-15(18-11-19-16)20(14-6-7-14)10-13-5-3-4-8-17-13/h9,11-14,17H,3-8,10H2,1-2H3. The van der Waals surface area contributed by atoms with Crippen molar-refractivity contribution in [3.8, 4) is 5.88 Å². The van der Waals surface area contributed by atoms with Gasteiger partial charge in [0.2, 0.25) is 5.88 Å². The van der Waals surface area contributed by atoms with E-state index >= 15 is 0 Å². The van der Waals surface area contributed by atoms with Gasteiger partial charge in [-0.25, -0.2) is 9.97 Å². The second kappa shape index (κ2) is 6.60. The Morgan fingerprint density at radius 3 is 2.81 bits per heavy atom. The number of ether oxygens (including phenoxy) is 1.